The Hall–Kier alpha value is -1.97. The first-order valence-electron chi connectivity index (χ1n) is 2.19. The Morgan fingerprint density at radius 2 is 2.70 bits per heavy atom. The van der Waals surface area contributed by atoms with Crippen LogP contribution in [-0.2, 0) is 0 Å². The Balaban J connectivity index is 2.90. The number of hydrogen-bond acceptors (Lipinski definition) is 6. The van der Waals surface area contributed by atoms with Gasteiger partial charge in [0.25, 0.3) is 0 Å². The molecule has 0 amide bonds. The van der Waals surface area contributed by atoms with Gasteiger partial charge in [0.15, 0.2) is 11.4 Å². The topological polar surface area (TPSA) is 101 Å². The standard InChI is InChI=1S/C3HN5O2/c4-2-5-8(9)3-1-6-10-7-3/h1H. The highest BCUT2D eigenvalue weighted by atomic mass is 16.6. The summed E-state index contributed by atoms with van der Waals surface area (Å²) in [6, 6.07) is 0. The minimum atomic E-state index is -0.151. The third-order valence-corrected chi connectivity index (χ3v) is 0.681. The van der Waals surface area contributed by atoms with Gasteiger partial charge in [0.05, 0.1) is 0 Å². The first-order valence-corrected chi connectivity index (χ1v) is 2.19. The Morgan fingerprint density at radius 1 is 1.90 bits per heavy atom. The molecule has 0 aliphatic rings. The maximum Gasteiger partial charge on any atom is 0.419 e. The van der Waals surface area contributed by atoms with Crippen LogP contribution >= 0.6 is 0 Å². The largest absolute Gasteiger partial charge is 0.690 e. The second-order valence-electron chi connectivity index (χ2n) is 1.24. The van der Waals surface area contributed by atoms with E-state index in [1.165, 1.54) is 6.19 Å². The maximum absolute atomic E-state index is 10.5. The van der Waals surface area contributed by atoms with E-state index in [0.717, 1.165) is 6.20 Å². The van der Waals surface area contributed by atoms with Crippen LogP contribution < -0.4 is 0 Å². The minimum Gasteiger partial charge on any atom is -0.690 e. The molecule has 0 fully saturated rings. The molecule has 0 aliphatic carbocycles. The van der Waals surface area contributed by atoms with Gasteiger partial charge in [-0.05, 0) is 5.16 Å². The van der Waals surface area contributed by atoms with Gasteiger partial charge in [-0.3, -0.25) is 0 Å². The molecular formula is C3HN5O2. The summed E-state index contributed by atoms with van der Waals surface area (Å²) in [5.74, 6) is -0.151. The van der Waals surface area contributed by atoms with Gasteiger partial charge in [-0.1, -0.05) is 0 Å². The van der Waals surface area contributed by atoms with Crippen LogP contribution in [0.1, 0.15) is 0 Å². The molecule has 50 valence electrons. The summed E-state index contributed by atoms with van der Waals surface area (Å²) in [6.45, 7) is 0. The highest BCUT2D eigenvalue weighted by molar-refractivity contribution is 5.05. The molecule has 0 bridgehead atoms. The van der Waals surface area contributed by atoms with E-state index in [2.05, 4.69) is 20.1 Å². The molecule has 10 heavy (non-hydrogen) atoms. The van der Waals surface area contributed by atoms with Crippen LogP contribution in [0, 0.1) is 16.7 Å². The molecule has 7 nitrogen and oxygen atoms in total. The van der Waals surface area contributed by atoms with E-state index in [1.807, 2.05) is 0 Å². The number of aromatic nitrogens is 2. The van der Waals surface area contributed by atoms with Crippen molar-refractivity contribution in [2.75, 3.05) is 0 Å². The molecule has 0 saturated heterocycles. The van der Waals surface area contributed by atoms with E-state index in [1.54, 1.807) is 0 Å². The highest BCUT2D eigenvalue weighted by Gasteiger charge is 2.07. The lowest BCUT2D eigenvalue weighted by molar-refractivity contribution is -0.440. The van der Waals surface area contributed by atoms with E-state index in [-0.39, 0.29) is 10.7 Å². The van der Waals surface area contributed by atoms with Gasteiger partial charge in [0.1, 0.15) is 0 Å². The maximum atomic E-state index is 10.5. The third-order valence-electron chi connectivity index (χ3n) is 0.681. The molecule has 1 heterocycles. The second-order valence-corrected chi connectivity index (χ2v) is 1.24. The second kappa shape index (κ2) is 2.54. The van der Waals surface area contributed by atoms with E-state index >= 15 is 0 Å². The van der Waals surface area contributed by atoms with E-state index < -0.39 is 0 Å². The van der Waals surface area contributed by atoms with Crippen molar-refractivity contribution in [3.63, 3.8) is 0 Å². The third kappa shape index (κ3) is 1.05. The van der Waals surface area contributed by atoms with Crippen LogP contribution in [0.2, 0.25) is 0 Å². The molecule has 1 aromatic rings. The Kier molecular flexibility index (Phi) is 1.56. The summed E-state index contributed by atoms with van der Waals surface area (Å²) < 4.78 is 4.07. The smallest absolute Gasteiger partial charge is 0.419 e. The molecule has 0 spiro atoms. The molecule has 0 unspecified atom stereocenters. The van der Waals surface area contributed by atoms with Gasteiger partial charge in [-0.2, -0.15) is 5.26 Å². The fraction of sp³-hybridized carbons (Fsp3) is 0. The van der Waals surface area contributed by atoms with Crippen LogP contribution in [0.25, 0.3) is 0 Å². The van der Waals surface area contributed by atoms with Gasteiger partial charge in [-0.25, -0.2) is 0 Å². The van der Waals surface area contributed by atoms with Crippen LogP contribution in [-0.4, -0.2) is 15.2 Å². The Morgan fingerprint density at radius 3 is 3.20 bits per heavy atom. The quantitative estimate of drug-likeness (QED) is 0.238. The fourth-order valence-corrected chi connectivity index (χ4v) is 0.336. The number of nitrogens with zero attached hydrogens (tertiary/aromatic N) is 5. The number of nitriles is 1. The fourth-order valence-electron chi connectivity index (χ4n) is 0.336. The number of hydrogen-bond donors (Lipinski definition) is 0. The average molecular weight is 139 g/mol. The van der Waals surface area contributed by atoms with Crippen molar-refractivity contribution in [1.29, 1.82) is 5.26 Å². The number of azo groups is 1. The van der Waals surface area contributed by atoms with Gasteiger partial charge >= 0.3 is 5.82 Å². The van der Waals surface area contributed by atoms with Crippen LogP contribution in [0.3, 0.4) is 0 Å². The van der Waals surface area contributed by atoms with E-state index in [4.69, 9.17) is 5.26 Å². The van der Waals surface area contributed by atoms with Crippen LogP contribution in [0.4, 0.5) is 5.82 Å². The molecular weight excluding hydrogens is 138 g/mol. The van der Waals surface area contributed by atoms with Crippen molar-refractivity contribution in [2.24, 2.45) is 5.11 Å². The highest BCUT2D eigenvalue weighted by Crippen LogP contribution is 2.02. The summed E-state index contributed by atoms with van der Waals surface area (Å²) in [4.78, 5) is 0.0104. The first kappa shape index (κ1) is 6.15. The lowest BCUT2D eigenvalue weighted by atomic mass is 10.8. The molecule has 0 N–H and O–H groups in total. The SMILES string of the molecule is N#CN=[N+]([O-])c1cnon1. The van der Waals surface area contributed by atoms with Crippen molar-refractivity contribution in [3.8, 4) is 6.19 Å². The average Bonchev–Trinajstić information content (AvgIpc) is 2.38. The summed E-state index contributed by atoms with van der Waals surface area (Å²) in [7, 11) is 0. The van der Waals surface area contributed by atoms with Gasteiger partial charge < -0.3 is 5.21 Å². The van der Waals surface area contributed by atoms with Gasteiger partial charge in [0.2, 0.25) is 6.19 Å². The first-order chi connectivity index (χ1) is 4.84. The van der Waals surface area contributed by atoms with Crippen molar-refractivity contribution in [2.45, 2.75) is 0 Å². The zero-order valence-corrected chi connectivity index (χ0v) is 4.63. The lowest BCUT2D eigenvalue weighted by Crippen LogP contribution is -1.88. The summed E-state index contributed by atoms with van der Waals surface area (Å²) >= 11 is 0. The van der Waals surface area contributed by atoms with Gasteiger partial charge in [-0.15, -0.1) is 9.49 Å². The molecule has 0 atom stereocenters. The molecule has 1 aromatic heterocycles. The molecule has 0 aliphatic heterocycles. The van der Waals surface area contributed by atoms with Crippen molar-refractivity contribution in [3.05, 3.63) is 11.4 Å². The molecule has 0 aromatic carbocycles. The lowest BCUT2D eigenvalue weighted by Gasteiger charge is -1.91. The zero-order valence-electron chi connectivity index (χ0n) is 4.63. The monoisotopic (exact) mass is 139 g/mol. The van der Waals surface area contributed by atoms with Crippen LogP contribution in [0.5, 0.6) is 0 Å². The van der Waals surface area contributed by atoms with Crippen molar-refractivity contribution in [1.82, 2.24) is 10.3 Å². The molecule has 0 radical (unpaired) electrons. The Labute approximate surface area is 54.7 Å². The molecule has 0 saturated carbocycles. The summed E-state index contributed by atoms with van der Waals surface area (Å²) in [6.07, 6.45) is 2.33. The van der Waals surface area contributed by atoms with Gasteiger partial charge in [0, 0.05) is 5.11 Å². The summed E-state index contributed by atoms with van der Waals surface area (Å²) in [5, 5.41) is 27.4. The predicted octanol–water partition coefficient (Wildman–Crippen LogP) is 0.145. The van der Waals surface area contributed by atoms with Crippen molar-refractivity contribution >= 4 is 5.82 Å². The number of rotatable bonds is 1. The van der Waals surface area contributed by atoms with E-state index in [0.29, 0.717) is 0 Å². The summed E-state index contributed by atoms with van der Waals surface area (Å²) in [5.41, 5.74) is 0. The Bertz CT molecular complexity index is 270. The normalized spacial score (nSPS) is 10.9. The zero-order chi connectivity index (χ0) is 7.40. The molecule has 7 heteroatoms. The predicted molar refractivity (Wildman–Crippen MR) is 25.6 cm³/mol. The van der Waals surface area contributed by atoms with E-state index in [9.17, 15) is 5.21 Å². The van der Waals surface area contributed by atoms with Crippen LogP contribution in [0.15, 0.2) is 15.9 Å². The minimum absolute atomic E-state index is 0.0104. The molecule has 1 rings (SSSR count). The van der Waals surface area contributed by atoms with Crippen molar-refractivity contribution < 1.29 is 9.49 Å².